The minimum Gasteiger partial charge on any atom is -0.353 e. The molecule has 0 saturated carbocycles. The second-order valence-electron chi connectivity index (χ2n) is 5.52. The van der Waals surface area contributed by atoms with Gasteiger partial charge < -0.3 is 10.2 Å². The third-order valence-corrected chi connectivity index (χ3v) is 3.76. The summed E-state index contributed by atoms with van der Waals surface area (Å²) in [7, 11) is 1.94. The Balaban J connectivity index is 2.07. The van der Waals surface area contributed by atoms with Crippen LogP contribution in [0.3, 0.4) is 0 Å². The Labute approximate surface area is 119 Å². The number of aryl methyl sites for hydroxylation is 2. The minimum atomic E-state index is 0.486. The van der Waals surface area contributed by atoms with Crippen LogP contribution in [-0.4, -0.2) is 45.4 Å². The fraction of sp³-hybridized carbons (Fsp3) is 0.643. The maximum atomic E-state index is 4.80. The number of nitrogens with one attached hydrogen (secondary N) is 1. The zero-order valence-corrected chi connectivity index (χ0v) is 12.4. The lowest BCUT2D eigenvalue weighted by Gasteiger charge is -2.33. The van der Waals surface area contributed by atoms with Gasteiger partial charge in [-0.15, -0.1) is 0 Å². The van der Waals surface area contributed by atoms with Gasteiger partial charge in [-0.25, -0.2) is 9.97 Å². The van der Waals surface area contributed by atoms with Crippen LogP contribution in [0.4, 0.5) is 5.82 Å². The van der Waals surface area contributed by atoms with Crippen molar-refractivity contribution in [1.29, 1.82) is 0 Å². The highest BCUT2D eigenvalue weighted by Gasteiger charge is 2.21. The van der Waals surface area contributed by atoms with Gasteiger partial charge in [0.2, 0.25) is 0 Å². The highest BCUT2D eigenvalue weighted by atomic mass is 15.3. The summed E-state index contributed by atoms with van der Waals surface area (Å²) in [6.07, 6.45) is 3.85. The van der Waals surface area contributed by atoms with Gasteiger partial charge in [-0.1, -0.05) is 6.92 Å². The molecule has 1 fully saturated rings. The summed E-state index contributed by atoms with van der Waals surface area (Å²) in [4.78, 5) is 11.8. The Hall–Kier alpha value is -1.69. The van der Waals surface area contributed by atoms with Crippen LogP contribution in [0, 0.1) is 0 Å². The molecule has 108 valence electrons. The second-order valence-corrected chi connectivity index (χ2v) is 5.52. The van der Waals surface area contributed by atoms with Crippen LogP contribution in [0.5, 0.6) is 0 Å². The number of hydrogen-bond donors (Lipinski definition) is 1. The van der Waals surface area contributed by atoms with Gasteiger partial charge >= 0.3 is 0 Å². The van der Waals surface area contributed by atoms with Crippen molar-refractivity contribution >= 4 is 16.9 Å². The van der Waals surface area contributed by atoms with Crippen LogP contribution in [-0.2, 0) is 13.5 Å². The molecule has 6 nitrogen and oxygen atoms in total. The first-order valence-electron chi connectivity index (χ1n) is 7.36. The molecule has 3 heterocycles. The van der Waals surface area contributed by atoms with Gasteiger partial charge in [0.1, 0.15) is 11.6 Å². The van der Waals surface area contributed by atoms with Crippen molar-refractivity contribution in [2.24, 2.45) is 7.05 Å². The zero-order valence-electron chi connectivity index (χ0n) is 12.4. The summed E-state index contributed by atoms with van der Waals surface area (Å²) in [6.45, 7) is 7.32. The summed E-state index contributed by atoms with van der Waals surface area (Å²) >= 11 is 0. The summed E-state index contributed by atoms with van der Waals surface area (Å²) in [5.74, 6) is 1.96. The van der Waals surface area contributed by atoms with E-state index in [1.54, 1.807) is 0 Å². The van der Waals surface area contributed by atoms with Crippen LogP contribution in [0.25, 0.3) is 11.0 Å². The number of nitrogens with zero attached hydrogens (tertiary/aromatic N) is 5. The fourth-order valence-corrected chi connectivity index (χ4v) is 2.75. The maximum absolute atomic E-state index is 4.80. The molecule has 1 aliphatic heterocycles. The molecule has 1 aliphatic rings. The van der Waals surface area contributed by atoms with Crippen LogP contribution >= 0.6 is 0 Å². The molecule has 0 radical (unpaired) electrons. The molecule has 0 amide bonds. The topological polar surface area (TPSA) is 58.9 Å². The Morgan fingerprint density at radius 1 is 1.40 bits per heavy atom. The number of fused-ring (bicyclic) bond motifs is 1. The average Bonchev–Trinajstić information content (AvgIpc) is 2.80. The lowest BCUT2D eigenvalue weighted by atomic mass is 10.2. The van der Waals surface area contributed by atoms with E-state index in [0.29, 0.717) is 6.04 Å². The van der Waals surface area contributed by atoms with Gasteiger partial charge in [0.15, 0.2) is 5.65 Å². The average molecular weight is 274 g/mol. The molecule has 20 heavy (non-hydrogen) atoms. The third-order valence-electron chi connectivity index (χ3n) is 3.76. The van der Waals surface area contributed by atoms with Crippen molar-refractivity contribution < 1.29 is 0 Å². The van der Waals surface area contributed by atoms with Gasteiger partial charge in [0.25, 0.3) is 0 Å². The van der Waals surface area contributed by atoms with Crippen LogP contribution in [0.15, 0.2) is 6.20 Å². The summed E-state index contributed by atoms with van der Waals surface area (Å²) < 4.78 is 1.84. The quantitative estimate of drug-likeness (QED) is 0.908. The lowest BCUT2D eigenvalue weighted by Crippen LogP contribution is -2.49. The molecular formula is C14H22N6. The summed E-state index contributed by atoms with van der Waals surface area (Å²) in [5, 5.41) is 8.87. The number of rotatable bonds is 3. The van der Waals surface area contributed by atoms with Crippen molar-refractivity contribution in [3.05, 3.63) is 12.0 Å². The molecular weight excluding hydrogens is 252 g/mol. The molecule has 0 aliphatic carbocycles. The molecule has 1 N–H and O–H groups in total. The van der Waals surface area contributed by atoms with E-state index in [1.807, 2.05) is 17.9 Å². The van der Waals surface area contributed by atoms with Gasteiger partial charge in [-0.05, 0) is 13.3 Å². The number of hydrogen-bond acceptors (Lipinski definition) is 5. The van der Waals surface area contributed by atoms with E-state index in [2.05, 4.69) is 34.1 Å². The van der Waals surface area contributed by atoms with Gasteiger partial charge in [-0.3, -0.25) is 4.68 Å². The van der Waals surface area contributed by atoms with Crippen molar-refractivity contribution in [1.82, 2.24) is 25.1 Å². The molecule has 2 aromatic rings. The predicted molar refractivity (Wildman–Crippen MR) is 80.0 cm³/mol. The number of anilines is 1. The molecule has 1 unspecified atom stereocenters. The monoisotopic (exact) mass is 274 g/mol. The van der Waals surface area contributed by atoms with Crippen LogP contribution in [0.2, 0.25) is 0 Å². The molecule has 3 rings (SSSR count). The Bertz CT molecular complexity index is 605. The molecule has 1 atom stereocenters. The Morgan fingerprint density at radius 2 is 2.25 bits per heavy atom. The molecule has 1 saturated heterocycles. The van der Waals surface area contributed by atoms with Gasteiger partial charge in [0, 0.05) is 39.1 Å². The smallest absolute Gasteiger partial charge is 0.163 e. The van der Waals surface area contributed by atoms with E-state index < -0.39 is 0 Å². The molecule has 0 bridgehead atoms. The SMILES string of the molecule is CCCc1nc(N2CCNC(C)C2)c2cnn(C)c2n1. The fourth-order valence-electron chi connectivity index (χ4n) is 2.75. The van der Waals surface area contributed by atoms with Gasteiger partial charge in [-0.2, -0.15) is 5.10 Å². The second kappa shape index (κ2) is 5.36. The van der Waals surface area contributed by atoms with E-state index in [4.69, 9.17) is 4.98 Å². The highest BCUT2D eigenvalue weighted by molar-refractivity contribution is 5.87. The zero-order chi connectivity index (χ0) is 14.1. The van der Waals surface area contributed by atoms with Crippen LogP contribution < -0.4 is 10.2 Å². The normalized spacial score (nSPS) is 19.8. The van der Waals surface area contributed by atoms with E-state index in [0.717, 1.165) is 55.2 Å². The summed E-state index contributed by atoms with van der Waals surface area (Å²) in [5.41, 5.74) is 0.935. The van der Waals surface area contributed by atoms with Crippen molar-refractivity contribution in [3.63, 3.8) is 0 Å². The van der Waals surface area contributed by atoms with E-state index in [-0.39, 0.29) is 0 Å². The Kier molecular flexibility index (Phi) is 3.56. The van der Waals surface area contributed by atoms with E-state index >= 15 is 0 Å². The van der Waals surface area contributed by atoms with Crippen molar-refractivity contribution in [2.75, 3.05) is 24.5 Å². The standard InChI is InChI=1S/C14H22N6/c1-4-5-12-17-13-11(8-16-19(13)3)14(18-12)20-7-6-15-10(2)9-20/h8,10,15H,4-7,9H2,1-3H3. The first-order valence-corrected chi connectivity index (χ1v) is 7.36. The van der Waals surface area contributed by atoms with E-state index in [9.17, 15) is 0 Å². The van der Waals surface area contributed by atoms with Gasteiger partial charge in [0.05, 0.1) is 11.6 Å². The third kappa shape index (κ3) is 2.35. The largest absolute Gasteiger partial charge is 0.353 e. The maximum Gasteiger partial charge on any atom is 0.163 e. The first kappa shape index (κ1) is 13.3. The highest BCUT2D eigenvalue weighted by Crippen LogP contribution is 2.24. The first-order chi connectivity index (χ1) is 9.69. The molecule has 6 heteroatoms. The lowest BCUT2D eigenvalue weighted by molar-refractivity contribution is 0.482. The van der Waals surface area contributed by atoms with Crippen molar-refractivity contribution in [3.8, 4) is 0 Å². The minimum absolute atomic E-state index is 0.486. The summed E-state index contributed by atoms with van der Waals surface area (Å²) in [6, 6.07) is 0.486. The molecule has 0 aromatic carbocycles. The number of aromatic nitrogens is 4. The van der Waals surface area contributed by atoms with Crippen LogP contribution in [0.1, 0.15) is 26.1 Å². The van der Waals surface area contributed by atoms with E-state index in [1.165, 1.54) is 0 Å². The molecule has 2 aromatic heterocycles. The molecule has 0 spiro atoms. The Morgan fingerprint density at radius 3 is 3.00 bits per heavy atom. The number of piperazine rings is 1. The van der Waals surface area contributed by atoms with Crippen molar-refractivity contribution in [2.45, 2.75) is 32.7 Å². The predicted octanol–water partition coefficient (Wildman–Crippen LogP) is 1.11.